The maximum Gasteiger partial charge on any atom is 0.271 e. The number of benzene rings is 1. The van der Waals surface area contributed by atoms with Crippen LogP contribution in [0, 0.1) is 11.8 Å². The Balaban J connectivity index is 2.75. The van der Waals surface area contributed by atoms with Crippen LogP contribution < -0.4 is 16.0 Å². The van der Waals surface area contributed by atoms with Crippen LogP contribution in [-0.2, 0) is 4.79 Å². The van der Waals surface area contributed by atoms with E-state index in [1.807, 2.05) is 5.43 Å². The Hall–Kier alpha value is -2.03. The average Bonchev–Trinajstić information content (AvgIpc) is 2.34. The Morgan fingerprint density at radius 2 is 2.25 bits per heavy atom. The second-order valence-electron chi connectivity index (χ2n) is 2.81. The number of nitrogens with one attached hydrogen (secondary N) is 1. The predicted octanol–water partition coefficient (Wildman–Crippen LogP) is -0.601. The molecule has 0 saturated heterocycles. The maximum absolute atomic E-state index is 10.9. The first-order chi connectivity index (χ1) is 7.77. The van der Waals surface area contributed by atoms with Crippen LogP contribution in [-0.4, -0.2) is 24.2 Å². The first-order valence-electron chi connectivity index (χ1n) is 4.59. The number of carbonyl (C=O) groups excluding carboxylic acids is 1. The molecule has 0 aliphatic rings. The Kier molecular flexibility index (Phi) is 4.86. The van der Waals surface area contributed by atoms with E-state index in [0.29, 0.717) is 11.3 Å². The fourth-order valence-electron chi connectivity index (χ4n) is 1.02. The predicted molar refractivity (Wildman–Crippen MR) is 58.2 cm³/mol. The molecule has 0 aliphatic carbocycles. The minimum Gasteiger partial charge on any atom is -0.482 e. The van der Waals surface area contributed by atoms with Crippen LogP contribution in [0.25, 0.3) is 0 Å². The van der Waals surface area contributed by atoms with Crippen molar-refractivity contribution in [1.29, 1.82) is 0 Å². The molecule has 0 heterocycles. The first-order valence-corrected chi connectivity index (χ1v) is 4.59. The number of aliphatic hydroxyl groups is 1. The fourth-order valence-corrected chi connectivity index (χ4v) is 1.02. The minimum absolute atomic E-state index is 0.172. The van der Waals surface area contributed by atoms with Crippen molar-refractivity contribution < 1.29 is 14.6 Å². The number of para-hydroxylation sites is 1. The molecular weight excluding hydrogens is 208 g/mol. The molecule has 1 amide bonds. The quantitative estimate of drug-likeness (QED) is 0.275. The van der Waals surface area contributed by atoms with Gasteiger partial charge in [0.25, 0.3) is 5.91 Å². The highest BCUT2D eigenvalue weighted by Gasteiger charge is 2.03. The van der Waals surface area contributed by atoms with Crippen LogP contribution in [0.3, 0.4) is 0 Å². The molecular formula is C11H12N2O3. The summed E-state index contributed by atoms with van der Waals surface area (Å²) in [5, 5.41) is 8.58. The molecule has 4 N–H and O–H groups in total. The molecule has 0 spiro atoms. The molecule has 0 saturated carbocycles. The van der Waals surface area contributed by atoms with Crippen molar-refractivity contribution in [3.8, 4) is 17.6 Å². The second-order valence-corrected chi connectivity index (χ2v) is 2.81. The zero-order chi connectivity index (χ0) is 11.8. The molecule has 5 nitrogen and oxygen atoms in total. The van der Waals surface area contributed by atoms with Gasteiger partial charge in [-0.2, -0.15) is 0 Å². The molecule has 5 heteroatoms. The zero-order valence-corrected chi connectivity index (χ0v) is 8.56. The van der Waals surface area contributed by atoms with E-state index in [2.05, 4.69) is 11.8 Å². The van der Waals surface area contributed by atoms with Gasteiger partial charge in [-0.1, -0.05) is 24.0 Å². The molecule has 0 radical (unpaired) electrons. The average molecular weight is 220 g/mol. The Labute approximate surface area is 93.2 Å². The third kappa shape index (κ3) is 3.61. The summed E-state index contributed by atoms with van der Waals surface area (Å²) >= 11 is 0. The summed E-state index contributed by atoms with van der Waals surface area (Å²) < 4.78 is 5.21. The second kappa shape index (κ2) is 6.45. The van der Waals surface area contributed by atoms with Crippen molar-refractivity contribution in [2.24, 2.45) is 5.84 Å². The fraction of sp³-hybridized carbons (Fsp3) is 0.182. The van der Waals surface area contributed by atoms with Crippen LogP contribution in [0.1, 0.15) is 5.56 Å². The highest BCUT2D eigenvalue weighted by molar-refractivity contribution is 5.76. The lowest BCUT2D eigenvalue weighted by atomic mass is 10.2. The van der Waals surface area contributed by atoms with Crippen molar-refractivity contribution in [2.75, 3.05) is 13.2 Å². The molecule has 0 unspecified atom stereocenters. The Morgan fingerprint density at radius 1 is 1.50 bits per heavy atom. The van der Waals surface area contributed by atoms with Gasteiger partial charge in [0.05, 0.1) is 5.56 Å². The number of hydrogen-bond acceptors (Lipinski definition) is 4. The summed E-state index contributed by atoms with van der Waals surface area (Å²) in [7, 11) is 0. The van der Waals surface area contributed by atoms with Gasteiger partial charge < -0.3 is 9.84 Å². The van der Waals surface area contributed by atoms with Gasteiger partial charge in [0, 0.05) is 0 Å². The van der Waals surface area contributed by atoms with Crippen LogP contribution in [0.5, 0.6) is 5.75 Å². The zero-order valence-electron chi connectivity index (χ0n) is 8.56. The van der Waals surface area contributed by atoms with Crippen molar-refractivity contribution in [3.05, 3.63) is 29.8 Å². The highest BCUT2D eigenvalue weighted by atomic mass is 16.5. The van der Waals surface area contributed by atoms with Gasteiger partial charge in [-0.15, -0.1) is 0 Å². The smallest absolute Gasteiger partial charge is 0.271 e. The molecule has 1 aromatic carbocycles. The topological polar surface area (TPSA) is 84.6 Å². The van der Waals surface area contributed by atoms with E-state index in [9.17, 15) is 4.79 Å². The van der Waals surface area contributed by atoms with Gasteiger partial charge in [-0.05, 0) is 12.1 Å². The number of aliphatic hydroxyl groups excluding tert-OH is 1. The van der Waals surface area contributed by atoms with Crippen LogP contribution in [0.4, 0.5) is 0 Å². The molecule has 1 rings (SSSR count). The molecule has 0 aromatic heterocycles. The molecule has 0 fully saturated rings. The third-order valence-corrected chi connectivity index (χ3v) is 1.71. The molecule has 1 aromatic rings. The van der Waals surface area contributed by atoms with Crippen molar-refractivity contribution in [3.63, 3.8) is 0 Å². The van der Waals surface area contributed by atoms with Gasteiger partial charge >= 0.3 is 0 Å². The van der Waals surface area contributed by atoms with Gasteiger partial charge in [-0.3, -0.25) is 10.2 Å². The summed E-state index contributed by atoms with van der Waals surface area (Å²) in [4.78, 5) is 10.9. The van der Waals surface area contributed by atoms with Crippen molar-refractivity contribution in [1.82, 2.24) is 5.43 Å². The third-order valence-electron chi connectivity index (χ3n) is 1.71. The molecule has 0 atom stereocenters. The molecule has 16 heavy (non-hydrogen) atoms. The first kappa shape index (κ1) is 12.0. The van der Waals surface area contributed by atoms with E-state index in [4.69, 9.17) is 15.7 Å². The summed E-state index contributed by atoms with van der Waals surface area (Å²) in [5.41, 5.74) is 2.57. The molecule has 0 aliphatic heterocycles. The van der Waals surface area contributed by atoms with Crippen molar-refractivity contribution >= 4 is 5.91 Å². The van der Waals surface area contributed by atoms with E-state index in [0.717, 1.165) is 0 Å². The SMILES string of the molecule is NNC(=O)COc1ccccc1C#CCO. The Morgan fingerprint density at radius 3 is 2.94 bits per heavy atom. The summed E-state index contributed by atoms with van der Waals surface area (Å²) in [6.45, 7) is -0.397. The number of carbonyl (C=O) groups is 1. The molecule has 0 bridgehead atoms. The molecule has 84 valence electrons. The lowest BCUT2D eigenvalue weighted by molar-refractivity contribution is -0.123. The number of amides is 1. The summed E-state index contributed by atoms with van der Waals surface area (Å²) in [6.07, 6.45) is 0. The van der Waals surface area contributed by atoms with Gasteiger partial charge in [0.2, 0.25) is 0 Å². The van der Waals surface area contributed by atoms with Gasteiger partial charge in [-0.25, -0.2) is 5.84 Å². The van der Waals surface area contributed by atoms with E-state index >= 15 is 0 Å². The number of hydrazine groups is 1. The highest BCUT2D eigenvalue weighted by Crippen LogP contribution is 2.16. The van der Waals surface area contributed by atoms with Crippen LogP contribution in [0.2, 0.25) is 0 Å². The normalized spacial score (nSPS) is 8.88. The largest absolute Gasteiger partial charge is 0.482 e. The van der Waals surface area contributed by atoms with Gasteiger partial charge in [0.15, 0.2) is 6.61 Å². The number of ether oxygens (including phenoxy) is 1. The van der Waals surface area contributed by atoms with Gasteiger partial charge in [0.1, 0.15) is 12.4 Å². The van der Waals surface area contributed by atoms with E-state index in [-0.39, 0.29) is 13.2 Å². The number of hydrogen-bond donors (Lipinski definition) is 3. The van der Waals surface area contributed by atoms with E-state index in [1.165, 1.54) is 0 Å². The lowest BCUT2D eigenvalue weighted by Crippen LogP contribution is -2.34. The standard InChI is InChI=1S/C11H12N2O3/c12-13-11(15)8-16-10-6-2-1-4-9(10)5-3-7-14/h1-2,4,6,14H,7-8,12H2,(H,13,15). The summed E-state index contributed by atoms with van der Waals surface area (Å²) in [6, 6.07) is 6.97. The van der Waals surface area contributed by atoms with Crippen molar-refractivity contribution in [2.45, 2.75) is 0 Å². The number of nitrogens with two attached hydrogens (primary N) is 1. The van der Waals surface area contributed by atoms with Crippen LogP contribution >= 0.6 is 0 Å². The maximum atomic E-state index is 10.9. The number of rotatable bonds is 3. The lowest BCUT2D eigenvalue weighted by Gasteiger charge is -2.06. The Bertz CT molecular complexity index is 421. The van der Waals surface area contributed by atoms with Crippen LogP contribution in [0.15, 0.2) is 24.3 Å². The monoisotopic (exact) mass is 220 g/mol. The van der Waals surface area contributed by atoms with E-state index < -0.39 is 5.91 Å². The van der Waals surface area contributed by atoms with E-state index in [1.54, 1.807) is 24.3 Å². The minimum atomic E-state index is -0.426. The summed E-state index contributed by atoms with van der Waals surface area (Å²) in [5.74, 6) is 10.2.